The standard InChI is InChI=1S/C12H17N3/c13-11-4-5-14-12(6-11)15-7-9-2-1-3-10(9)8-15/h4-6,9-10H,1-3,7-8H2,(H2,13,14). The third kappa shape index (κ3) is 1.56. The van der Waals surface area contributed by atoms with Gasteiger partial charge in [0.25, 0.3) is 0 Å². The van der Waals surface area contributed by atoms with Crippen molar-refractivity contribution in [2.24, 2.45) is 11.8 Å². The van der Waals surface area contributed by atoms with Crippen LogP contribution >= 0.6 is 0 Å². The molecule has 1 aliphatic carbocycles. The zero-order valence-electron chi connectivity index (χ0n) is 8.89. The Labute approximate surface area is 90.3 Å². The summed E-state index contributed by atoms with van der Waals surface area (Å²) in [4.78, 5) is 6.79. The molecule has 0 amide bonds. The fourth-order valence-electron chi connectivity index (χ4n) is 3.03. The van der Waals surface area contributed by atoms with Crippen molar-refractivity contribution in [3.8, 4) is 0 Å². The van der Waals surface area contributed by atoms with Gasteiger partial charge >= 0.3 is 0 Å². The molecule has 1 saturated heterocycles. The van der Waals surface area contributed by atoms with E-state index < -0.39 is 0 Å². The van der Waals surface area contributed by atoms with Crippen LogP contribution in [0.3, 0.4) is 0 Å². The van der Waals surface area contributed by atoms with Crippen molar-refractivity contribution in [1.82, 2.24) is 4.98 Å². The van der Waals surface area contributed by atoms with Gasteiger partial charge in [0.05, 0.1) is 0 Å². The van der Waals surface area contributed by atoms with Gasteiger partial charge in [0, 0.05) is 31.0 Å². The molecular weight excluding hydrogens is 186 g/mol. The molecule has 2 heterocycles. The molecule has 1 aliphatic heterocycles. The van der Waals surface area contributed by atoms with Gasteiger partial charge in [0.2, 0.25) is 0 Å². The van der Waals surface area contributed by atoms with Gasteiger partial charge in [-0.2, -0.15) is 0 Å². The van der Waals surface area contributed by atoms with Gasteiger partial charge in [-0.1, -0.05) is 6.42 Å². The lowest BCUT2D eigenvalue weighted by molar-refractivity contribution is 0.494. The van der Waals surface area contributed by atoms with E-state index in [1.165, 1.54) is 32.4 Å². The number of nitrogens with two attached hydrogens (primary N) is 1. The van der Waals surface area contributed by atoms with Crippen LogP contribution in [0.2, 0.25) is 0 Å². The second-order valence-corrected chi connectivity index (χ2v) is 4.80. The summed E-state index contributed by atoms with van der Waals surface area (Å²) in [5.41, 5.74) is 6.59. The first-order valence-electron chi connectivity index (χ1n) is 5.79. The fourth-order valence-corrected chi connectivity index (χ4v) is 3.03. The van der Waals surface area contributed by atoms with E-state index in [-0.39, 0.29) is 0 Å². The highest BCUT2D eigenvalue weighted by atomic mass is 15.2. The van der Waals surface area contributed by atoms with Gasteiger partial charge in [0.1, 0.15) is 5.82 Å². The van der Waals surface area contributed by atoms with Gasteiger partial charge in [-0.15, -0.1) is 0 Å². The molecule has 3 heteroatoms. The van der Waals surface area contributed by atoms with Crippen molar-refractivity contribution in [3.05, 3.63) is 18.3 Å². The van der Waals surface area contributed by atoms with Crippen LogP contribution in [0.15, 0.2) is 18.3 Å². The van der Waals surface area contributed by atoms with Crippen molar-refractivity contribution in [3.63, 3.8) is 0 Å². The maximum Gasteiger partial charge on any atom is 0.130 e. The average molecular weight is 203 g/mol. The van der Waals surface area contributed by atoms with E-state index in [1.807, 2.05) is 12.1 Å². The zero-order chi connectivity index (χ0) is 10.3. The van der Waals surface area contributed by atoms with Gasteiger partial charge in [0.15, 0.2) is 0 Å². The molecule has 0 aromatic carbocycles. The van der Waals surface area contributed by atoms with Crippen LogP contribution < -0.4 is 10.6 Å². The van der Waals surface area contributed by atoms with Crippen LogP contribution in [0, 0.1) is 11.8 Å². The molecule has 2 fully saturated rings. The fraction of sp³-hybridized carbons (Fsp3) is 0.583. The van der Waals surface area contributed by atoms with Crippen LogP contribution in [0.4, 0.5) is 11.5 Å². The minimum atomic E-state index is 0.817. The minimum Gasteiger partial charge on any atom is -0.399 e. The summed E-state index contributed by atoms with van der Waals surface area (Å²) in [6.07, 6.45) is 6.04. The Morgan fingerprint density at radius 2 is 2.00 bits per heavy atom. The lowest BCUT2D eigenvalue weighted by Crippen LogP contribution is -2.21. The monoisotopic (exact) mass is 203 g/mol. The Bertz CT molecular complexity index is 352. The molecule has 2 N–H and O–H groups in total. The molecule has 2 aliphatic rings. The Hall–Kier alpha value is -1.25. The minimum absolute atomic E-state index is 0.817. The molecule has 3 nitrogen and oxygen atoms in total. The molecule has 80 valence electrons. The molecule has 1 aromatic heterocycles. The van der Waals surface area contributed by atoms with Crippen LogP contribution in [0.1, 0.15) is 19.3 Å². The molecule has 3 rings (SSSR count). The predicted molar refractivity (Wildman–Crippen MR) is 61.7 cm³/mol. The molecule has 0 spiro atoms. The Morgan fingerprint density at radius 1 is 1.27 bits per heavy atom. The first-order chi connectivity index (χ1) is 7.33. The van der Waals surface area contributed by atoms with E-state index in [2.05, 4.69) is 9.88 Å². The highest BCUT2D eigenvalue weighted by Gasteiger charge is 2.36. The summed E-state index contributed by atoms with van der Waals surface area (Å²) in [6, 6.07) is 3.83. The number of nitrogen functional groups attached to an aromatic ring is 1. The molecule has 15 heavy (non-hydrogen) atoms. The largest absolute Gasteiger partial charge is 0.399 e. The molecule has 0 radical (unpaired) electrons. The molecule has 1 saturated carbocycles. The zero-order valence-corrected chi connectivity index (χ0v) is 8.89. The maximum atomic E-state index is 5.78. The summed E-state index contributed by atoms with van der Waals surface area (Å²) >= 11 is 0. The highest BCUT2D eigenvalue weighted by Crippen LogP contribution is 2.39. The van der Waals surface area contributed by atoms with E-state index >= 15 is 0 Å². The van der Waals surface area contributed by atoms with Gasteiger partial charge < -0.3 is 10.6 Å². The molecule has 1 aromatic rings. The highest BCUT2D eigenvalue weighted by molar-refractivity contribution is 5.51. The van der Waals surface area contributed by atoms with Crippen molar-refractivity contribution in [2.75, 3.05) is 23.7 Å². The number of hydrogen-bond donors (Lipinski definition) is 1. The predicted octanol–water partition coefficient (Wildman–Crippen LogP) is 1.90. The van der Waals surface area contributed by atoms with E-state index in [4.69, 9.17) is 5.73 Å². The van der Waals surface area contributed by atoms with Gasteiger partial charge in [-0.3, -0.25) is 0 Å². The lowest BCUT2D eigenvalue weighted by Gasteiger charge is -2.18. The molecule has 2 atom stereocenters. The quantitative estimate of drug-likeness (QED) is 0.758. The number of pyridine rings is 1. The number of anilines is 2. The number of hydrogen-bond acceptors (Lipinski definition) is 3. The topological polar surface area (TPSA) is 42.1 Å². The number of rotatable bonds is 1. The third-order valence-corrected chi connectivity index (χ3v) is 3.82. The second kappa shape index (κ2) is 3.40. The SMILES string of the molecule is Nc1ccnc(N2CC3CCCC3C2)c1. The van der Waals surface area contributed by atoms with E-state index in [0.717, 1.165) is 23.3 Å². The molecular formula is C12H17N3. The Kier molecular flexibility index (Phi) is 2.04. The van der Waals surface area contributed by atoms with Gasteiger partial charge in [-0.05, 0) is 30.7 Å². The lowest BCUT2D eigenvalue weighted by atomic mass is 10.0. The smallest absolute Gasteiger partial charge is 0.130 e. The normalized spacial score (nSPS) is 29.5. The van der Waals surface area contributed by atoms with E-state index in [1.54, 1.807) is 6.20 Å². The van der Waals surface area contributed by atoms with Crippen LogP contribution in [0.25, 0.3) is 0 Å². The molecule has 0 bridgehead atoms. The van der Waals surface area contributed by atoms with Crippen molar-refractivity contribution in [1.29, 1.82) is 0 Å². The van der Waals surface area contributed by atoms with E-state index in [9.17, 15) is 0 Å². The second-order valence-electron chi connectivity index (χ2n) is 4.80. The third-order valence-electron chi connectivity index (χ3n) is 3.82. The summed E-state index contributed by atoms with van der Waals surface area (Å²) < 4.78 is 0. The molecule has 2 unspecified atom stereocenters. The van der Waals surface area contributed by atoms with Crippen LogP contribution in [-0.4, -0.2) is 18.1 Å². The van der Waals surface area contributed by atoms with Crippen molar-refractivity contribution in [2.45, 2.75) is 19.3 Å². The number of aromatic nitrogens is 1. The summed E-state index contributed by atoms with van der Waals surface area (Å²) in [7, 11) is 0. The maximum absolute atomic E-state index is 5.78. The average Bonchev–Trinajstić information content (AvgIpc) is 2.76. The number of fused-ring (bicyclic) bond motifs is 1. The summed E-state index contributed by atoms with van der Waals surface area (Å²) in [5.74, 6) is 2.88. The summed E-state index contributed by atoms with van der Waals surface area (Å²) in [6.45, 7) is 2.36. The first kappa shape index (κ1) is 9.01. The van der Waals surface area contributed by atoms with Crippen LogP contribution in [0.5, 0.6) is 0 Å². The van der Waals surface area contributed by atoms with Crippen molar-refractivity contribution < 1.29 is 0 Å². The van der Waals surface area contributed by atoms with E-state index in [0.29, 0.717) is 0 Å². The summed E-state index contributed by atoms with van der Waals surface area (Å²) in [5, 5.41) is 0. The Balaban J connectivity index is 1.79. The van der Waals surface area contributed by atoms with Crippen LogP contribution in [-0.2, 0) is 0 Å². The van der Waals surface area contributed by atoms with Gasteiger partial charge in [-0.25, -0.2) is 4.98 Å². The Morgan fingerprint density at radius 3 is 2.67 bits per heavy atom. The first-order valence-corrected chi connectivity index (χ1v) is 5.79. The van der Waals surface area contributed by atoms with Crippen molar-refractivity contribution >= 4 is 11.5 Å². The number of nitrogens with zero attached hydrogens (tertiary/aromatic N) is 2.